The normalized spacial score (nSPS) is 10.7. The van der Waals surface area contributed by atoms with Crippen LogP contribution in [0.2, 0.25) is 0 Å². The summed E-state index contributed by atoms with van der Waals surface area (Å²) in [5.74, 6) is 2.07. The first-order valence-corrected chi connectivity index (χ1v) is 7.73. The molecule has 0 saturated carbocycles. The lowest BCUT2D eigenvalue weighted by molar-refractivity contribution is 0.481. The first-order chi connectivity index (χ1) is 10.3. The number of rotatable bonds is 4. The van der Waals surface area contributed by atoms with Crippen LogP contribution in [0.25, 0.3) is 10.8 Å². The van der Waals surface area contributed by atoms with Crippen LogP contribution in [0.1, 0.15) is 5.56 Å². The van der Waals surface area contributed by atoms with Gasteiger partial charge in [-0.1, -0.05) is 30.3 Å². The highest BCUT2D eigenvalue weighted by Gasteiger charge is 2.07. The van der Waals surface area contributed by atoms with Crippen LogP contribution in [0, 0.1) is 0 Å². The summed E-state index contributed by atoms with van der Waals surface area (Å²) >= 11 is 1.75. The lowest BCUT2D eigenvalue weighted by Crippen LogP contribution is -1.96. The summed E-state index contributed by atoms with van der Waals surface area (Å²) in [6.07, 6.45) is 1.79. The summed E-state index contributed by atoms with van der Waals surface area (Å²) in [5, 5.41) is 15.0. The Morgan fingerprint density at radius 1 is 1.05 bits per heavy atom. The molecule has 0 radical (unpaired) electrons. The quantitative estimate of drug-likeness (QED) is 0.706. The van der Waals surface area contributed by atoms with Crippen molar-refractivity contribution in [2.75, 3.05) is 12.4 Å². The lowest BCUT2D eigenvalue weighted by atomic mass is 10.1. The molecule has 0 aliphatic heterocycles. The van der Waals surface area contributed by atoms with Gasteiger partial charge < -0.3 is 10.4 Å². The lowest BCUT2D eigenvalue weighted by Gasteiger charge is -2.10. The molecule has 0 aliphatic carbocycles. The molecule has 21 heavy (non-hydrogen) atoms. The predicted octanol–water partition coefficient (Wildman–Crippen LogP) is 4.27. The number of nitrogens with one attached hydrogen (secondary N) is 1. The number of aromatic hydroxyl groups is 1. The van der Waals surface area contributed by atoms with E-state index in [0.717, 1.165) is 27.2 Å². The molecule has 1 aromatic heterocycles. The number of phenols is 1. The zero-order valence-electron chi connectivity index (χ0n) is 11.7. The van der Waals surface area contributed by atoms with Crippen molar-refractivity contribution >= 4 is 28.4 Å². The van der Waals surface area contributed by atoms with Crippen LogP contribution in [-0.4, -0.2) is 17.1 Å². The van der Waals surface area contributed by atoms with Gasteiger partial charge in [0.15, 0.2) is 0 Å². The zero-order valence-corrected chi connectivity index (χ0v) is 12.5. The number of hydrogen-bond acceptors (Lipinski definition) is 4. The van der Waals surface area contributed by atoms with E-state index < -0.39 is 0 Å². The Balaban J connectivity index is 1.91. The van der Waals surface area contributed by atoms with Gasteiger partial charge in [-0.2, -0.15) is 0 Å². The molecule has 0 aliphatic rings. The van der Waals surface area contributed by atoms with Gasteiger partial charge in [-0.15, -0.1) is 11.8 Å². The number of aromatic nitrogens is 1. The molecule has 2 N–H and O–H groups in total. The molecular formula is C17H16N2OS. The topological polar surface area (TPSA) is 45.2 Å². The Morgan fingerprint density at radius 2 is 1.86 bits per heavy atom. The summed E-state index contributed by atoms with van der Waals surface area (Å²) < 4.78 is 0. The fraction of sp³-hybridized carbons (Fsp3) is 0.118. The van der Waals surface area contributed by atoms with Crippen molar-refractivity contribution < 1.29 is 5.11 Å². The van der Waals surface area contributed by atoms with E-state index in [1.54, 1.807) is 24.0 Å². The second-order valence-corrected chi connectivity index (χ2v) is 5.70. The molecule has 0 unspecified atom stereocenters. The zero-order chi connectivity index (χ0) is 14.7. The van der Waals surface area contributed by atoms with Crippen molar-refractivity contribution in [1.29, 1.82) is 0 Å². The average molecular weight is 296 g/mol. The highest BCUT2D eigenvalue weighted by molar-refractivity contribution is 7.98. The third kappa shape index (κ3) is 2.81. The summed E-state index contributed by atoms with van der Waals surface area (Å²) in [5.41, 5.74) is 1.17. The standard InChI is InChI=1S/C17H16N2OS/c1-18-17-12(5-4-10-19-17)11-21-16-9-8-15(20)13-6-2-3-7-14(13)16/h2-10,20H,11H2,1H3,(H,18,19). The van der Waals surface area contributed by atoms with E-state index in [9.17, 15) is 5.11 Å². The van der Waals surface area contributed by atoms with E-state index in [0.29, 0.717) is 5.75 Å². The van der Waals surface area contributed by atoms with Crippen LogP contribution < -0.4 is 5.32 Å². The van der Waals surface area contributed by atoms with Gasteiger partial charge in [0.25, 0.3) is 0 Å². The van der Waals surface area contributed by atoms with Crippen LogP contribution >= 0.6 is 11.8 Å². The molecule has 0 bridgehead atoms. The molecule has 106 valence electrons. The number of thioether (sulfide) groups is 1. The summed E-state index contributed by atoms with van der Waals surface area (Å²) in [6, 6.07) is 15.7. The highest BCUT2D eigenvalue weighted by atomic mass is 32.2. The van der Waals surface area contributed by atoms with E-state index in [4.69, 9.17) is 0 Å². The Hall–Kier alpha value is -2.20. The molecule has 0 fully saturated rings. The van der Waals surface area contributed by atoms with Crippen molar-refractivity contribution in [1.82, 2.24) is 4.98 Å². The maximum atomic E-state index is 9.93. The van der Waals surface area contributed by atoms with E-state index in [1.165, 1.54) is 5.56 Å². The monoisotopic (exact) mass is 296 g/mol. The minimum atomic E-state index is 0.326. The van der Waals surface area contributed by atoms with Gasteiger partial charge in [0, 0.05) is 34.8 Å². The SMILES string of the molecule is CNc1ncccc1CSc1ccc(O)c2ccccc12. The van der Waals surface area contributed by atoms with Gasteiger partial charge >= 0.3 is 0 Å². The van der Waals surface area contributed by atoms with Gasteiger partial charge in [-0.25, -0.2) is 4.98 Å². The number of benzene rings is 2. The number of phenolic OH excluding ortho intramolecular Hbond substituents is 1. The number of fused-ring (bicyclic) bond motifs is 1. The summed E-state index contributed by atoms with van der Waals surface area (Å²) in [6.45, 7) is 0. The van der Waals surface area contributed by atoms with E-state index in [1.807, 2.05) is 43.4 Å². The van der Waals surface area contributed by atoms with Crippen LogP contribution in [0.5, 0.6) is 5.75 Å². The molecule has 0 amide bonds. The summed E-state index contributed by atoms with van der Waals surface area (Å²) in [4.78, 5) is 5.48. The molecule has 2 aromatic carbocycles. The van der Waals surface area contributed by atoms with Gasteiger partial charge in [0.1, 0.15) is 11.6 Å². The fourth-order valence-corrected chi connectivity index (χ4v) is 3.36. The largest absolute Gasteiger partial charge is 0.507 e. The maximum absolute atomic E-state index is 9.93. The smallest absolute Gasteiger partial charge is 0.129 e. The summed E-state index contributed by atoms with van der Waals surface area (Å²) in [7, 11) is 1.88. The number of pyridine rings is 1. The molecule has 0 atom stereocenters. The minimum Gasteiger partial charge on any atom is -0.507 e. The van der Waals surface area contributed by atoms with E-state index in [-0.39, 0.29) is 0 Å². The first kappa shape index (κ1) is 13.8. The number of hydrogen-bond donors (Lipinski definition) is 2. The molecule has 4 heteroatoms. The molecule has 1 heterocycles. The van der Waals surface area contributed by atoms with Crippen LogP contribution in [0.15, 0.2) is 59.6 Å². The number of anilines is 1. The average Bonchev–Trinajstić information content (AvgIpc) is 2.55. The molecule has 3 aromatic rings. The van der Waals surface area contributed by atoms with Gasteiger partial charge in [0.05, 0.1) is 0 Å². The first-order valence-electron chi connectivity index (χ1n) is 6.75. The maximum Gasteiger partial charge on any atom is 0.129 e. The fourth-order valence-electron chi connectivity index (χ4n) is 2.32. The van der Waals surface area contributed by atoms with Gasteiger partial charge in [-0.3, -0.25) is 0 Å². The molecule has 0 spiro atoms. The van der Waals surface area contributed by atoms with Crippen LogP contribution in [0.4, 0.5) is 5.82 Å². The molecule has 0 saturated heterocycles. The van der Waals surface area contributed by atoms with Crippen molar-refractivity contribution in [3.8, 4) is 5.75 Å². The molecule has 3 rings (SSSR count). The number of nitrogens with zero attached hydrogens (tertiary/aromatic N) is 1. The van der Waals surface area contributed by atoms with Crippen molar-refractivity contribution in [3.63, 3.8) is 0 Å². The van der Waals surface area contributed by atoms with Crippen molar-refractivity contribution in [3.05, 3.63) is 60.3 Å². The highest BCUT2D eigenvalue weighted by Crippen LogP contribution is 2.35. The molecule has 3 nitrogen and oxygen atoms in total. The van der Waals surface area contributed by atoms with E-state index >= 15 is 0 Å². The van der Waals surface area contributed by atoms with E-state index in [2.05, 4.69) is 16.4 Å². The van der Waals surface area contributed by atoms with Gasteiger partial charge in [0.2, 0.25) is 0 Å². The Morgan fingerprint density at radius 3 is 2.67 bits per heavy atom. The van der Waals surface area contributed by atoms with Crippen LogP contribution in [0.3, 0.4) is 0 Å². The minimum absolute atomic E-state index is 0.326. The molecular weight excluding hydrogens is 280 g/mol. The van der Waals surface area contributed by atoms with Crippen LogP contribution in [-0.2, 0) is 5.75 Å². The Bertz CT molecular complexity index is 774. The Labute approximate surface area is 128 Å². The Kier molecular flexibility index (Phi) is 3.97. The third-order valence-electron chi connectivity index (χ3n) is 3.37. The van der Waals surface area contributed by atoms with Gasteiger partial charge in [-0.05, 0) is 23.6 Å². The van der Waals surface area contributed by atoms with Crippen molar-refractivity contribution in [2.24, 2.45) is 0 Å². The predicted molar refractivity (Wildman–Crippen MR) is 89.0 cm³/mol. The van der Waals surface area contributed by atoms with Crippen molar-refractivity contribution in [2.45, 2.75) is 10.6 Å². The second-order valence-electron chi connectivity index (χ2n) is 4.68. The third-order valence-corrected chi connectivity index (χ3v) is 4.49. The second kappa shape index (κ2) is 6.06.